The van der Waals surface area contributed by atoms with Crippen molar-refractivity contribution in [3.05, 3.63) is 142 Å². The molecule has 4 aromatic carbocycles. The number of phenols is 2. The Morgan fingerprint density at radius 1 is 0.632 bits per heavy atom. The average molecular weight is 771 g/mol. The van der Waals surface area contributed by atoms with Crippen molar-refractivity contribution < 1.29 is 24.9 Å². The first-order chi connectivity index (χ1) is 27.4. The van der Waals surface area contributed by atoms with Crippen LogP contribution >= 0.6 is 0 Å². The van der Waals surface area contributed by atoms with E-state index in [9.17, 15) is 24.9 Å². The normalized spacial score (nSPS) is 16.9. The second kappa shape index (κ2) is 18.8. The predicted molar refractivity (Wildman–Crippen MR) is 227 cm³/mol. The number of amides is 2. The van der Waals surface area contributed by atoms with Crippen molar-refractivity contribution in [3.8, 4) is 11.5 Å². The van der Waals surface area contributed by atoms with Crippen molar-refractivity contribution in [2.45, 2.75) is 88.8 Å². The molecule has 2 aliphatic heterocycles. The van der Waals surface area contributed by atoms with Crippen LogP contribution in [0.5, 0.6) is 11.5 Å². The lowest BCUT2D eigenvalue weighted by molar-refractivity contribution is -0.127. The molecule has 1 saturated carbocycles. The monoisotopic (exact) mass is 770 g/mol. The number of aromatic hydroxyl groups is 2. The van der Waals surface area contributed by atoms with Gasteiger partial charge in [0.1, 0.15) is 11.5 Å². The van der Waals surface area contributed by atoms with Gasteiger partial charge in [-0.15, -0.1) is 0 Å². The van der Waals surface area contributed by atoms with Gasteiger partial charge < -0.3 is 36.6 Å². The maximum Gasteiger partial charge on any atom is 0.246 e. The van der Waals surface area contributed by atoms with Gasteiger partial charge in [0.2, 0.25) is 11.8 Å². The highest BCUT2D eigenvalue weighted by Gasteiger charge is 2.27. The molecule has 2 saturated heterocycles. The van der Waals surface area contributed by atoms with Crippen LogP contribution in [0, 0.1) is 0 Å². The van der Waals surface area contributed by atoms with E-state index in [4.69, 9.17) is 11.5 Å². The molecule has 300 valence electrons. The standard InChI is InChI=1S/C24H30N2O3.C24H28N2O2/c1-24(2,29)21-8-6-17(15-22(21)27)7-9-23(28)26-12-10-19(11-13-26)20-5-3-4-18(14-20)16-25;25-16-18-2-1-3-21(14-18)19-10-12-26(13-11-19)24(28)9-5-17-4-8-22(20-6-7-20)23(27)15-17/h3-9,14-15,19,27,29H,10-13,16,25H2,1-2H3;1-5,8-9,14-15,19-20,27H,6-7,10-13,16,25H2/b9-7+;9-5+. The second-order valence-electron chi connectivity index (χ2n) is 16.2. The molecule has 57 heavy (non-hydrogen) atoms. The smallest absolute Gasteiger partial charge is 0.246 e. The summed E-state index contributed by atoms with van der Waals surface area (Å²) in [7, 11) is 0. The fraction of sp³-hybridized carbons (Fsp3) is 0.375. The largest absolute Gasteiger partial charge is 0.508 e. The third-order valence-electron chi connectivity index (χ3n) is 11.5. The third-order valence-corrected chi connectivity index (χ3v) is 11.5. The van der Waals surface area contributed by atoms with Gasteiger partial charge in [0.15, 0.2) is 0 Å². The minimum Gasteiger partial charge on any atom is -0.508 e. The lowest BCUT2D eigenvalue weighted by Gasteiger charge is -2.31. The van der Waals surface area contributed by atoms with Crippen LogP contribution in [-0.2, 0) is 28.3 Å². The molecule has 1 aliphatic carbocycles. The van der Waals surface area contributed by atoms with Crippen molar-refractivity contribution in [3.63, 3.8) is 0 Å². The zero-order chi connectivity index (χ0) is 40.5. The number of benzene rings is 4. The maximum atomic E-state index is 12.5. The fourth-order valence-electron chi connectivity index (χ4n) is 7.93. The number of hydrogen-bond acceptors (Lipinski definition) is 7. The zero-order valence-electron chi connectivity index (χ0n) is 33.3. The predicted octanol–water partition coefficient (Wildman–Crippen LogP) is 7.65. The van der Waals surface area contributed by atoms with Crippen LogP contribution < -0.4 is 11.5 Å². The van der Waals surface area contributed by atoms with E-state index in [1.807, 2.05) is 28.0 Å². The Bertz CT molecular complexity index is 2070. The van der Waals surface area contributed by atoms with E-state index in [-0.39, 0.29) is 17.6 Å². The quantitative estimate of drug-likeness (QED) is 0.104. The Morgan fingerprint density at radius 2 is 1.09 bits per heavy atom. The first-order valence-corrected chi connectivity index (χ1v) is 20.3. The average Bonchev–Trinajstić information content (AvgIpc) is 4.07. The van der Waals surface area contributed by atoms with Crippen molar-refractivity contribution in [2.24, 2.45) is 11.5 Å². The Hall–Kier alpha value is -5.22. The number of nitrogens with zero attached hydrogens (tertiary/aromatic N) is 2. The minimum atomic E-state index is -1.11. The number of nitrogens with two attached hydrogens (primary N) is 2. The van der Waals surface area contributed by atoms with E-state index in [1.165, 1.54) is 11.1 Å². The van der Waals surface area contributed by atoms with Crippen molar-refractivity contribution >= 4 is 24.0 Å². The van der Waals surface area contributed by atoms with Crippen molar-refractivity contribution in [1.29, 1.82) is 0 Å². The first-order valence-electron chi connectivity index (χ1n) is 20.3. The molecule has 0 bridgehead atoms. The molecule has 4 aromatic rings. The fourth-order valence-corrected chi connectivity index (χ4v) is 7.93. The molecule has 0 radical (unpaired) electrons. The Balaban J connectivity index is 0.000000193. The summed E-state index contributed by atoms with van der Waals surface area (Å²) < 4.78 is 0. The van der Waals surface area contributed by atoms with Crippen molar-refractivity contribution in [1.82, 2.24) is 9.80 Å². The summed E-state index contributed by atoms with van der Waals surface area (Å²) in [5.74, 6) is 1.86. The number of piperidine rings is 2. The molecule has 7 rings (SSSR count). The summed E-state index contributed by atoms with van der Waals surface area (Å²) in [6, 6.07) is 27.6. The van der Waals surface area contributed by atoms with Crippen LogP contribution in [0.2, 0.25) is 0 Å². The van der Waals surface area contributed by atoms with Crippen LogP contribution in [0.15, 0.2) is 97.1 Å². The molecule has 9 nitrogen and oxygen atoms in total. The van der Waals surface area contributed by atoms with E-state index in [0.29, 0.717) is 42.2 Å². The lowest BCUT2D eigenvalue weighted by atomic mass is 9.88. The molecule has 2 heterocycles. The number of carbonyl (C=O) groups is 2. The summed E-state index contributed by atoms with van der Waals surface area (Å²) in [5, 5.41) is 30.3. The summed E-state index contributed by atoms with van der Waals surface area (Å²) in [5.41, 5.74) is 18.4. The maximum absolute atomic E-state index is 12.5. The lowest BCUT2D eigenvalue weighted by Crippen LogP contribution is -2.36. The van der Waals surface area contributed by atoms with Crippen LogP contribution in [0.4, 0.5) is 0 Å². The van der Waals surface area contributed by atoms with E-state index >= 15 is 0 Å². The van der Waals surface area contributed by atoms with E-state index < -0.39 is 5.60 Å². The topological polar surface area (TPSA) is 153 Å². The molecule has 7 N–H and O–H groups in total. The van der Waals surface area contributed by atoms with Gasteiger partial charge in [-0.2, -0.15) is 0 Å². The number of phenolic OH excluding ortho intramolecular Hbond substituents is 2. The van der Waals surface area contributed by atoms with Gasteiger partial charge in [0, 0.05) is 57.0 Å². The van der Waals surface area contributed by atoms with E-state index in [2.05, 4.69) is 42.5 Å². The number of likely N-dealkylation sites (tertiary alicyclic amines) is 2. The summed E-state index contributed by atoms with van der Waals surface area (Å²) in [6.07, 6.45) is 12.8. The van der Waals surface area contributed by atoms with Crippen LogP contribution in [-0.4, -0.2) is 63.1 Å². The van der Waals surface area contributed by atoms with Gasteiger partial charge >= 0.3 is 0 Å². The van der Waals surface area contributed by atoms with Gasteiger partial charge in [-0.3, -0.25) is 9.59 Å². The Kier molecular flexibility index (Phi) is 13.7. The SMILES string of the molecule is CC(C)(O)c1ccc(/C=C/C(=O)N2CCC(c3cccc(CN)c3)CC2)cc1O.NCc1cccc(C2CCN(C(=O)/C=C/c3ccc(C4CC4)c(O)c3)CC2)c1. The number of carbonyl (C=O) groups excluding carboxylic acids is 2. The zero-order valence-corrected chi connectivity index (χ0v) is 33.3. The highest BCUT2D eigenvalue weighted by molar-refractivity contribution is 5.92. The number of aliphatic hydroxyl groups is 1. The van der Waals surface area contributed by atoms with Gasteiger partial charge in [-0.25, -0.2) is 0 Å². The van der Waals surface area contributed by atoms with Gasteiger partial charge in [0.25, 0.3) is 0 Å². The molecule has 0 spiro atoms. The molecular formula is C48H58N4O5. The molecular weight excluding hydrogens is 713 g/mol. The van der Waals surface area contributed by atoms with Gasteiger partial charge in [-0.05, 0) is 133 Å². The molecule has 0 unspecified atom stereocenters. The summed E-state index contributed by atoms with van der Waals surface area (Å²) >= 11 is 0. The first kappa shape index (κ1) is 41.4. The highest BCUT2D eigenvalue weighted by Crippen LogP contribution is 2.44. The molecule has 2 amide bonds. The Morgan fingerprint density at radius 3 is 1.49 bits per heavy atom. The summed E-state index contributed by atoms with van der Waals surface area (Å²) in [4.78, 5) is 28.9. The van der Waals surface area contributed by atoms with Crippen LogP contribution in [0.1, 0.15) is 115 Å². The number of rotatable bonds is 10. The molecule has 3 aliphatic rings. The van der Waals surface area contributed by atoms with Crippen LogP contribution in [0.3, 0.4) is 0 Å². The molecule has 0 atom stereocenters. The Labute approximate surface area is 337 Å². The van der Waals surface area contributed by atoms with E-state index in [1.54, 1.807) is 62.4 Å². The highest BCUT2D eigenvalue weighted by atomic mass is 16.3. The molecule has 3 fully saturated rings. The summed E-state index contributed by atoms with van der Waals surface area (Å²) in [6.45, 7) is 7.34. The number of hydrogen-bond donors (Lipinski definition) is 5. The second-order valence-corrected chi connectivity index (χ2v) is 16.2. The third kappa shape index (κ3) is 11.2. The van der Waals surface area contributed by atoms with Crippen LogP contribution in [0.25, 0.3) is 12.2 Å². The van der Waals surface area contributed by atoms with Crippen molar-refractivity contribution in [2.75, 3.05) is 26.2 Å². The minimum absolute atomic E-state index is 0.0209. The van der Waals surface area contributed by atoms with E-state index in [0.717, 1.165) is 92.5 Å². The molecule has 0 aromatic heterocycles. The molecule has 9 heteroatoms. The van der Waals surface area contributed by atoms with Gasteiger partial charge in [-0.1, -0.05) is 72.8 Å². The van der Waals surface area contributed by atoms with Gasteiger partial charge in [0.05, 0.1) is 5.60 Å².